The Morgan fingerprint density at radius 3 is 3.00 bits per heavy atom. The molecule has 0 aliphatic carbocycles. The molecule has 0 radical (unpaired) electrons. The van der Waals surface area contributed by atoms with Gasteiger partial charge in [-0.3, -0.25) is 9.00 Å². The molecule has 0 fully saturated rings. The average molecular weight is 283 g/mol. The maximum absolute atomic E-state index is 11.3. The first-order chi connectivity index (χ1) is 8.97. The van der Waals surface area contributed by atoms with Gasteiger partial charge in [0.25, 0.3) is 5.91 Å². The van der Waals surface area contributed by atoms with Crippen molar-refractivity contribution in [2.75, 3.05) is 35.8 Å². The lowest BCUT2D eigenvalue weighted by Crippen LogP contribution is -2.26. The van der Waals surface area contributed by atoms with Crippen molar-refractivity contribution in [3.63, 3.8) is 0 Å². The highest BCUT2D eigenvalue weighted by molar-refractivity contribution is 7.84. The summed E-state index contributed by atoms with van der Waals surface area (Å²) in [5, 5.41) is 5.87. The zero-order chi connectivity index (χ0) is 14.0. The number of benzene rings is 1. The fourth-order valence-corrected chi connectivity index (χ4v) is 1.98. The van der Waals surface area contributed by atoms with Crippen LogP contribution in [0, 0.1) is 0 Å². The van der Waals surface area contributed by atoms with Crippen LogP contribution < -0.4 is 21.1 Å². The number of anilines is 3. The number of carbonyl (C=O) groups excluding carboxylic acids is 1. The summed E-state index contributed by atoms with van der Waals surface area (Å²) < 4.78 is 16.6. The second kappa shape index (κ2) is 5.48. The zero-order valence-corrected chi connectivity index (χ0v) is 11.7. The molecule has 1 aliphatic rings. The first kappa shape index (κ1) is 13.7. The molecule has 0 saturated carbocycles. The molecule has 0 spiro atoms. The third-order valence-corrected chi connectivity index (χ3v) is 4.23. The zero-order valence-electron chi connectivity index (χ0n) is 10.9. The summed E-state index contributed by atoms with van der Waals surface area (Å²) in [6, 6.07) is 3.40. The first-order valence-corrected chi connectivity index (χ1v) is 7.51. The van der Waals surface area contributed by atoms with E-state index in [1.54, 1.807) is 18.4 Å². The monoisotopic (exact) mass is 283 g/mol. The number of rotatable bonds is 4. The molecular weight excluding hydrogens is 266 g/mol. The third-order valence-electron chi connectivity index (χ3n) is 2.93. The predicted molar refractivity (Wildman–Crippen MR) is 77.0 cm³/mol. The SMILES string of the molecule is CC(CNc1cc2c(cc1N)OCC(=O)N2)S(C)=O. The molecule has 1 aromatic rings. The van der Waals surface area contributed by atoms with Crippen LogP contribution in [-0.4, -0.2) is 34.8 Å². The molecule has 0 aromatic heterocycles. The molecule has 19 heavy (non-hydrogen) atoms. The maximum atomic E-state index is 11.3. The summed E-state index contributed by atoms with van der Waals surface area (Å²) in [6.07, 6.45) is 1.66. The van der Waals surface area contributed by atoms with Crippen LogP contribution in [0.1, 0.15) is 6.92 Å². The van der Waals surface area contributed by atoms with E-state index in [-0.39, 0.29) is 17.8 Å². The average Bonchev–Trinajstić information content (AvgIpc) is 2.36. The lowest BCUT2D eigenvalue weighted by Gasteiger charge is -2.21. The molecule has 4 N–H and O–H groups in total. The Bertz CT molecular complexity index is 533. The van der Waals surface area contributed by atoms with Gasteiger partial charge in [0.2, 0.25) is 0 Å². The normalized spacial score (nSPS) is 16.8. The van der Waals surface area contributed by atoms with Crippen LogP contribution in [-0.2, 0) is 15.6 Å². The van der Waals surface area contributed by atoms with Gasteiger partial charge in [-0.25, -0.2) is 0 Å². The van der Waals surface area contributed by atoms with E-state index in [9.17, 15) is 9.00 Å². The number of nitrogens with one attached hydrogen (secondary N) is 2. The summed E-state index contributed by atoms with van der Waals surface area (Å²) >= 11 is 0. The lowest BCUT2D eigenvalue weighted by molar-refractivity contribution is -0.118. The van der Waals surface area contributed by atoms with Gasteiger partial charge in [-0.2, -0.15) is 0 Å². The van der Waals surface area contributed by atoms with Crippen LogP contribution in [0.4, 0.5) is 17.1 Å². The quantitative estimate of drug-likeness (QED) is 0.710. The minimum atomic E-state index is -0.896. The second-order valence-corrected chi connectivity index (χ2v) is 6.26. The van der Waals surface area contributed by atoms with Crippen molar-refractivity contribution >= 4 is 33.8 Å². The van der Waals surface area contributed by atoms with Crippen LogP contribution in [0.5, 0.6) is 5.75 Å². The Labute approximate surface area is 114 Å². The van der Waals surface area contributed by atoms with Crippen molar-refractivity contribution in [1.82, 2.24) is 0 Å². The molecule has 0 bridgehead atoms. The first-order valence-electron chi connectivity index (χ1n) is 5.89. The van der Waals surface area contributed by atoms with Gasteiger partial charge in [0, 0.05) is 34.9 Å². The Kier molecular flexibility index (Phi) is 3.94. The molecule has 1 aliphatic heterocycles. The lowest BCUT2D eigenvalue weighted by atomic mass is 10.2. The van der Waals surface area contributed by atoms with Gasteiger partial charge in [-0.1, -0.05) is 0 Å². The standard InChI is InChI=1S/C12H17N3O3S/c1-7(19(2)17)5-14-9-4-10-11(3-8(9)13)18-6-12(16)15-10/h3-4,7,14H,5-6,13H2,1-2H3,(H,15,16). The van der Waals surface area contributed by atoms with Crippen molar-refractivity contribution in [2.45, 2.75) is 12.2 Å². The van der Waals surface area contributed by atoms with E-state index >= 15 is 0 Å². The van der Waals surface area contributed by atoms with E-state index in [1.807, 2.05) is 6.92 Å². The van der Waals surface area contributed by atoms with Gasteiger partial charge in [0.05, 0.1) is 17.1 Å². The number of hydrogen-bond donors (Lipinski definition) is 3. The summed E-state index contributed by atoms with van der Waals surface area (Å²) in [5.74, 6) is 0.376. The summed E-state index contributed by atoms with van der Waals surface area (Å²) in [4.78, 5) is 11.2. The van der Waals surface area contributed by atoms with Crippen LogP contribution >= 0.6 is 0 Å². The Balaban J connectivity index is 2.15. The predicted octanol–water partition coefficient (Wildman–Crippen LogP) is 0.779. The Morgan fingerprint density at radius 2 is 2.32 bits per heavy atom. The van der Waals surface area contributed by atoms with Crippen molar-refractivity contribution < 1.29 is 13.7 Å². The number of carbonyl (C=O) groups is 1. The third kappa shape index (κ3) is 3.17. The van der Waals surface area contributed by atoms with E-state index in [0.717, 1.165) is 0 Å². The van der Waals surface area contributed by atoms with E-state index in [4.69, 9.17) is 10.5 Å². The number of nitrogens with two attached hydrogens (primary N) is 1. The largest absolute Gasteiger partial charge is 0.482 e. The molecule has 2 atom stereocenters. The minimum absolute atomic E-state index is 0.00503. The highest BCUT2D eigenvalue weighted by atomic mass is 32.2. The molecule has 0 saturated heterocycles. The van der Waals surface area contributed by atoms with Gasteiger partial charge in [-0.05, 0) is 13.0 Å². The smallest absolute Gasteiger partial charge is 0.262 e. The van der Waals surface area contributed by atoms with E-state index < -0.39 is 10.8 Å². The van der Waals surface area contributed by atoms with Crippen LogP contribution in [0.25, 0.3) is 0 Å². The molecular formula is C12H17N3O3S. The van der Waals surface area contributed by atoms with Gasteiger partial charge < -0.3 is 21.1 Å². The fraction of sp³-hybridized carbons (Fsp3) is 0.417. The molecule has 2 rings (SSSR count). The van der Waals surface area contributed by atoms with Crippen molar-refractivity contribution in [3.8, 4) is 5.75 Å². The molecule has 104 valence electrons. The molecule has 1 heterocycles. The van der Waals surface area contributed by atoms with Gasteiger partial charge in [0.1, 0.15) is 5.75 Å². The molecule has 7 heteroatoms. The van der Waals surface area contributed by atoms with E-state index in [0.29, 0.717) is 29.4 Å². The van der Waals surface area contributed by atoms with Crippen molar-refractivity contribution in [2.24, 2.45) is 0 Å². The van der Waals surface area contributed by atoms with E-state index in [2.05, 4.69) is 10.6 Å². The molecule has 2 unspecified atom stereocenters. The summed E-state index contributed by atoms with van der Waals surface area (Å²) in [5.41, 5.74) is 7.73. The topological polar surface area (TPSA) is 93.4 Å². The van der Waals surface area contributed by atoms with Crippen molar-refractivity contribution in [1.29, 1.82) is 0 Å². The number of nitrogen functional groups attached to an aromatic ring is 1. The number of ether oxygens (including phenoxy) is 1. The number of hydrogen-bond acceptors (Lipinski definition) is 5. The highest BCUT2D eigenvalue weighted by Gasteiger charge is 2.18. The summed E-state index contributed by atoms with van der Waals surface area (Å²) in [6.45, 7) is 2.44. The highest BCUT2D eigenvalue weighted by Crippen LogP contribution is 2.35. The summed E-state index contributed by atoms with van der Waals surface area (Å²) in [7, 11) is -0.896. The molecule has 6 nitrogen and oxygen atoms in total. The van der Waals surface area contributed by atoms with Crippen LogP contribution in [0.2, 0.25) is 0 Å². The van der Waals surface area contributed by atoms with Gasteiger partial charge >= 0.3 is 0 Å². The number of fused-ring (bicyclic) bond motifs is 1. The van der Waals surface area contributed by atoms with Crippen LogP contribution in [0.15, 0.2) is 12.1 Å². The van der Waals surface area contributed by atoms with Crippen LogP contribution in [0.3, 0.4) is 0 Å². The Morgan fingerprint density at radius 1 is 1.58 bits per heavy atom. The molecule has 1 amide bonds. The Hall–Kier alpha value is -1.76. The van der Waals surface area contributed by atoms with Gasteiger partial charge in [-0.15, -0.1) is 0 Å². The second-order valence-electron chi connectivity index (χ2n) is 4.46. The fourth-order valence-electron chi connectivity index (χ4n) is 1.67. The number of amides is 1. The van der Waals surface area contributed by atoms with Crippen molar-refractivity contribution in [3.05, 3.63) is 12.1 Å². The van der Waals surface area contributed by atoms with E-state index in [1.165, 1.54) is 0 Å². The maximum Gasteiger partial charge on any atom is 0.262 e. The van der Waals surface area contributed by atoms with Gasteiger partial charge in [0.15, 0.2) is 6.61 Å². The minimum Gasteiger partial charge on any atom is -0.482 e. The molecule has 1 aromatic carbocycles.